The van der Waals surface area contributed by atoms with Gasteiger partial charge in [0.25, 0.3) is 0 Å². The minimum atomic E-state index is 0.712. The summed E-state index contributed by atoms with van der Waals surface area (Å²) < 4.78 is 5.91. The van der Waals surface area contributed by atoms with Crippen LogP contribution in [0, 0.1) is 13.0 Å². The molecule has 0 saturated heterocycles. The summed E-state index contributed by atoms with van der Waals surface area (Å²) in [5.41, 5.74) is 3.02. The van der Waals surface area contributed by atoms with E-state index in [1.807, 2.05) is 73.8 Å². The second-order valence-corrected chi connectivity index (χ2v) is 4.52. The van der Waals surface area contributed by atoms with Crippen molar-refractivity contribution in [3.63, 3.8) is 0 Å². The second kappa shape index (κ2) is 5.57. The van der Waals surface area contributed by atoms with E-state index in [4.69, 9.17) is 4.74 Å². The standard InChI is InChI=1S/C18H14NO/c1-14-11-12-15(13-19-14)17-9-5-6-10-18(17)20-16-7-3-2-4-8-16/h2-9,11-13H,1H3. The number of pyridine rings is 1. The van der Waals surface area contributed by atoms with Crippen LogP contribution < -0.4 is 4.74 Å². The molecule has 0 unspecified atom stereocenters. The summed E-state index contributed by atoms with van der Waals surface area (Å²) in [5, 5.41) is 0. The first-order valence-electron chi connectivity index (χ1n) is 6.49. The molecule has 2 nitrogen and oxygen atoms in total. The maximum atomic E-state index is 5.91. The Bertz CT molecular complexity index is 690. The van der Waals surface area contributed by atoms with Gasteiger partial charge in [-0.05, 0) is 25.1 Å². The highest BCUT2D eigenvalue weighted by atomic mass is 16.5. The molecular formula is C18H14NO. The summed E-state index contributed by atoms with van der Waals surface area (Å²) in [5.74, 6) is 1.51. The molecule has 2 aromatic carbocycles. The molecule has 0 atom stereocenters. The smallest absolute Gasteiger partial charge is 0.143 e. The second-order valence-electron chi connectivity index (χ2n) is 4.52. The van der Waals surface area contributed by atoms with Crippen molar-refractivity contribution < 1.29 is 4.74 Å². The van der Waals surface area contributed by atoms with Gasteiger partial charge < -0.3 is 4.74 Å². The molecule has 0 fully saturated rings. The largest absolute Gasteiger partial charge is 0.456 e. The lowest BCUT2D eigenvalue weighted by molar-refractivity contribution is 0.483. The predicted molar refractivity (Wildman–Crippen MR) is 79.8 cm³/mol. The lowest BCUT2D eigenvalue weighted by Gasteiger charge is -2.10. The first-order valence-corrected chi connectivity index (χ1v) is 6.49. The van der Waals surface area contributed by atoms with E-state index in [1.54, 1.807) is 0 Å². The molecule has 1 radical (unpaired) electrons. The third kappa shape index (κ3) is 2.69. The van der Waals surface area contributed by atoms with Crippen LogP contribution in [0.2, 0.25) is 0 Å². The molecule has 0 aliphatic rings. The van der Waals surface area contributed by atoms with Crippen molar-refractivity contribution >= 4 is 0 Å². The first-order chi connectivity index (χ1) is 9.83. The van der Waals surface area contributed by atoms with Gasteiger partial charge in [-0.2, -0.15) is 0 Å². The van der Waals surface area contributed by atoms with E-state index in [-0.39, 0.29) is 0 Å². The van der Waals surface area contributed by atoms with Gasteiger partial charge in [-0.1, -0.05) is 42.5 Å². The highest BCUT2D eigenvalue weighted by molar-refractivity contribution is 5.69. The van der Waals surface area contributed by atoms with Crippen molar-refractivity contribution in [2.45, 2.75) is 6.92 Å². The van der Waals surface area contributed by atoms with Gasteiger partial charge in [0.15, 0.2) is 0 Å². The molecule has 20 heavy (non-hydrogen) atoms. The summed E-state index contributed by atoms with van der Waals surface area (Å²) in [7, 11) is 0. The van der Waals surface area contributed by atoms with Crippen molar-refractivity contribution in [2.24, 2.45) is 0 Å². The SMILES string of the molecule is Cc1ccc(-c2ccc[c]c2Oc2ccccc2)cn1. The molecule has 0 amide bonds. The average Bonchev–Trinajstić information content (AvgIpc) is 2.50. The van der Waals surface area contributed by atoms with Crippen molar-refractivity contribution in [1.82, 2.24) is 4.98 Å². The van der Waals surface area contributed by atoms with Gasteiger partial charge in [-0.15, -0.1) is 0 Å². The third-order valence-corrected chi connectivity index (χ3v) is 3.00. The first kappa shape index (κ1) is 12.4. The van der Waals surface area contributed by atoms with Gasteiger partial charge in [0.05, 0.1) is 0 Å². The van der Waals surface area contributed by atoms with Crippen LogP contribution in [0.25, 0.3) is 11.1 Å². The van der Waals surface area contributed by atoms with Crippen LogP contribution in [0.15, 0.2) is 66.9 Å². The number of hydrogen-bond donors (Lipinski definition) is 0. The number of hydrogen-bond acceptors (Lipinski definition) is 2. The zero-order valence-corrected chi connectivity index (χ0v) is 11.2. The fourth-order valence-electron chi connectivity index (χ4n) is 1.97. The van der Waals surface area contributed by atoms with Crippen molar-refractivity contribution in [1.29, 1.82) is 0 Å². The van der Waals surface area contributed by atoms with Gasteiger partial charge in [0, 0.05) is 29.1 Å². The molecular weight excluding hydrogens is 246 g/mol. The van der Waals surface area contributed by atoms with Crippen LogP contribution in [0.3, 0.4) is 0 Å². The Morgan fingerprint density at radius 1 is 0.950 bits per heavy atom. The maximum Gasteiger partial charge on any atom is 0.143 e. The van der Waals surface area contributed by atoms with Crippen LogP contribution in [0.5, 0.6) is 11.5 Å². The fraction of sp³-hybridized carbons (Fsp3) is 0.0556. The maximum absolute atomic E-state index is 5.91. The quantitative estimate of drug-likeness (QED) is 0.684. The minimum absolute atomic E-state index is 0.712. The Hall–Kier alpha value is -2.61. The molecule has 0 spiro atoms. The van der Waals surface area contributed by atoms with E-state index in [0.29, 0.717) is 5.75 Å². The number of nitrogens with zero attached hydrogens (tertiary/aromatic N) is 1. The van der Waals surface area contributed by atoms with Crippen molar-refractivity contribution in [2.75, 3.05) is 0 Å². The molecule has 0 bridgehead atoms. The van der Waals surface area contributed by atoms with Crippen molar-refractivity contribution in [3.8, 4) is 22.6 Å². The fourth-order valence-corrected chi connectivity index (χ4v) is 1.97. The molecule has 1 heterocycles. The van der Waals surface area contributed by atoms with E-state index >= 15 is 0 Å². The number of aryl methyl sites for hydroxylation is 1. The number of para-hydroxylation sites is 2. The van der Waals surface area contributed by atoms with Gasteiger partial charge in [0.2, 0.25) is 0 Å². The number of ether oxygens (including phenoxy) is 1. The van der Waals surface area contributed by atoms with E-state index in [0.717, 1.165) is 22.6 Å². The highest BCUT2D eigenvalue weighted by Crippen LogP contribution is 2.32. The zero-order chi connectivity index (χ0) is 13.8. The summed E-state index contributed by atoms with van der Waals surface area (Å²) in [6.45, 7) is 1.97. The Morgan fingerprint density at radius 2 is 1.80 bits per heavy atom. The molecule has 3 aromatic rings. The summed E-state index contributed by atoms with van der Waals surface area (Å²) in [6, 6.07) is 22.7. The molecule has 3 rings (SSSR count). The molecule has 0 aliphatic carbocycles. The van der Waals surface area contributed by atoms with Gasteiger partial charge >= 0.3 is 0 Å². The lowest BCUT2D eigenvalue weighted by atomic mass is 10.1. The van der Waals surface area contributed by atoms with Gasteiger partial charge in [-0.25, -0.2) is 0 Å². The number of benzene rings is 2. The molecule has 0 N–H and O–H groups in total. The third-order valence-electron chi connectivity index (χ3n) is 3.00. The van der Waals surface area contributed by atoms with E-state index < -0.39 is 0 Å². The number of aromatic nitrogens is 1. The molecule has 97 valence electrons. The molecule has 0 saturated carbocycles. The van der Waals surface area contributed by atoms with Crippen LogP contribution in [-0.2, 0) is 0 Å². The van der Waals surface area contributed by atoms with Gasteiger partial charge in [0.1, 0.15) is 11.5 Å². The summed E-state index contributed by atoms with van der Waals surface area (Å²) in [4.78, 5) is 4.33. The highest BCUT2D eigenvalue weighted by Gasteiger charge is 2.07. The summed E-state index contributed by atoms with van der Waals surface area (Å²) in [6.07, 6.45) is 1.86. The van der Waals surface area contributed by atoms with E-state index in [2.05, 4.69) is 11.1 Å². The molecule has 1 aromatic heterocycles. The van der Waals surface area contributed by atoms with Gasteiger partial charge in [-0.3, -0.25) is 4.98 Å². The van der Waals surface area contributed by atoms with E-state index in [9.17, 15) is 0 Å². The number of rotatable bonds is 3. The summed E-state index contributed by atoms with van der Waals surface area (Å²) >= 11 is 0. The van der Waals surface area contributed by atoms with Crippen molar-refractivity contribution in [3.05, 3.63) is 78.6 Å². The topological polar surface area (TPSA) is 22.1 Å². The Balaban J connectivity index is 1.98. The minimum Gasteiger partial charge on any atom is -0.456 e. The Kier molecular flexibility index (Phi) is 3.46. The average molecular weight is 260 g/mol. The zero-order valence-electron chi connectivity index (χ0n) is 11.2. The van der Waals surface area contributed by atoms with Crippen LogP contribution >= 0.6 is 0 Å². The lowest BCUT2D eigenvalue weighted by Crippen LogP contribution is -1.89. The van der Waals surface area contributed by atoms with Crippen LogP contribution in [0.4, 0.5) is 0 Å². The Morgan fingerprint density at radius 3 is 2.55 bits per heavy atom. The molecule has 0 aliphatic heterocycles. The molecule has 2 heteroatoms. The van der Waals surface area contributed by atoms with E-state index in [1.165, 1.54) is 0 Å². The predicted octanol–water partition coefficient (Wildman–Crippen LogP) is 4.65. The monoisotopic (exact) mass is 260 g/mol. The van der Waals surface area contributed by atoms with Crippen LogP contribution in [-0.4, -0.2) is 4.98 Å². The van der Waals surface area contributed by atoms with Crippen LogP contribution in [0.1, 0.15) is 5.69 Å². The normalized spacial score (nSPS) is 10.2. The Labute approximate surface area is 118 Å².